The van der Waals surface area contributed by atoms with Gasteiger partial charge in [0, 0.05) is 30.4 Å². The molecular formula is C28H24F2N6O3S. The van der Waals surface area contributed by atoms with E-state index in [4.69, 9.17) is 4.98 Å². The van der Waals surface area contributed by atoms with Gasteiger partial charge in [0.1, 0.15) is 11.6 Å². The van der Waals surface area contributed by atoms with Gasteiger partial charge in [-0.1, -0.05) is 30.3 Å². The van der Waals surface area contributed by atoms with E-state index in [9.17, 15) is 22.3 Å². The molecule has 0 aliphatic heterocycles. The van der Waals surface area contributed by atoms with Crippen LogP contribution in [0.4, 0.5) is 14.7 Å². The third-order valence-corrected chi connectivity index (χ3v) is 7.41. The maximum absolute atomic E-state index is 13.7. The second-order valence-electron chi connectivity index (χ2n) is 8.74. The number of phenols is 1. The van der Waals surface area contributed by atoms with Gasteiger partial charge >= 0.3 is 0 Å². The molecular weight excluding hydrogens is 538 g/mol. The summed E-state index contributed by atoms with van der Waals surface area (Å²) >= 11 is 0. The Morgan fingerprint density at radius 1 is 0.875 bits per heavy atom. The van der Waals surface area contributed by atoms with E-state index < -0.39 is 27.4 Å². The lowest BCUT2D eigenvalue weighted by atomic mass is 10.1. The molecule has 12 heteroatoms. The summed E-state index contributed by atoms with van der Waals surface area (Å²) in [6.45, 7) is 0.512. The largest absolute Gasteiger partial charge is 0.505 e. The topological polar surface area (TPSA) is 133 Å². The number of sulfonamides is 1. The average molecular weight is 563 g/mol. The molecule has 3 aromatic carbocycles. The van der Waals surface area contributed by atoms with Gasteiger partial charge < -0.3 is 15.4 Å². The summed E-state index contributed by atoms with van der Waals surface area (Å²) in [4.78, 5) is 16.8. The Labute approximate surface area is 229 Å². The molecule has 0 spiro atoms. The number of aromatic nitrogens is 4. The first-order valence-corrected chi connectivity index (χ1v) is 13.8. The van der Waals surface area contributed by atoms with E-state index >= 15 is 0 Å². The number of phenolic OH excluding ortho intramolecular Hbond substituents is 1. The number of hydrogen-bond donors (Lipinski definition) is 4. The number of aromatic amines is 1. The number of rotatable bonds is 10. The summed E-state index contributed by atoms with van der Waals surface area (Å²) in [5.74, 6) is -0.872. The lowest BCUT2D eigenvalue weighted by Crippen LogP contribution is -2.26. The lowest BCUT2D eigenvalue weighted by molar-refractivity contribution is 0.432. The Morgan fingerprint density at radius 3 is 2.40 bits per heavy atom. The minimum Gasteiger partial charge on any atom is -0.505 e. The summed E-state index contributed by atoms with van der Waals surface area (Å²) in [7, 11) is -3.75. The molecule has 0 bridgehead atoms. The number of halogens is 2. The van der Waals surface area contributed by atoms with Crippen molar-refractivity contribution in [3.8, 4) is 39.8 Å². The predicted molar refractivity (Wildman–Crippen MR) is 147 cm³/mol. The zero-order valence-electron chi connectivity index (χ0n) is 21.0. The van der Waals surface area contributed by atoms with Crippen LogP contribution in [0.5, 0.6) is 5.75 Å². The highest BCUT2D eigenvalue weighted by atomic mass is 32.2. The number of benzene rings is 3. The SMILES string of the molecule is O=S(=O)(NCCCNc1nccc(-c2[nH]c(-c3ccccc3)nc2-c2ccc(F)c(O)c2)n1)c1ccc(F)cc1. The number of imidazole rings is 1. The fraction of sp³-hybridized carbons (Fsp3) is 0.107. The van der Waals surface area contributed by atoms with Crippen LogP contribution in [0.2, 0.25) is 0 Å². The van der Waals surface area contributed by atoms with E-state index in [0.717, 1.165) is 17.7 Å². The summed E-state index contributed by atoms with van der Waals surface area (Å²) < 4.78 is 54.0. The highest BCUT2D eigenvalue weighted by molar-refractivity contribution is 7.89. The van der Waals surface area contributed by atoms with Gasteiger partial charge in [-0.25, -0.2) is 36.9 Å². The van der Waals surface area contributed by atoms with Crippen molar-refractivity contribution in [2.45, 2.75) is 11.3 Å². The zero-order chi connectivity index (χ0) is 28.1. The number of nitrogens with one attached hydrogen (secondary N) is 3. The Hall–Kier alpha value is -4.68. The Bertz CT molecular complexity index is 1730. The fourth-order valence-electron chi connectivity index (χ4n) is 3.94. The minimum atomic E-state index is -3.75. The third kappa shape index (κ3) is 6.14. The Balaban J connectivity index is 1.32. The summed E-state index contributed by atoms with van der Waals surface area (Å²) in [6.07, 6.45) is 1.99. The fourth-order valence-corrected chi connectivity index (χ4v) is 5.01. The first-order chi connectivity index (χ1) is 19.3. The van der Waals surface area contributed by atoms with Gasteiger partial charge in [-0.15, -0.1) is 0 Å². The van der Waals surface area contributed by atoms with E-state index in [-0.39, 0.29) is 11.4 Å². The van der Waals surface area contributed by atoms with Crippen LogP contribution in [0.15, 0.2) is 90.0 Å². The normalized spacial score (nSPS) is 11.4. The molecule has 0 atom stereocenters. The van der Waals surface area contributed by atoms with Crippen molar-refractivity contribution < 1.29 is 22.3 Å². The van der Waals surface area contributed by atoms with Crippen LogP contribution in [-0.4, -0.2) is 46.5 Å². The van der Waals surface area contributed by atoms with Crippen LogP contribution in [0.25, 0.3) is 34.0 Å². The van der Waals surface area contributed by atoms with Crippen molar-refractivity contribution in [3.05, 3.63) is 96.7 Å². The Kier molecular flexibility index (Phi) is 7.80. The number of nitrogens with zero attached hydrogens (tertiary/aromatic N) is 3. The first-order valence-electron chi connectivity index (χ1n) is 12.3. The third-order valence-electron chi connectivity index (χ3n) is 5.94. The van der Waals surface area contributed by atoms with E-state index in [0.29, 0.717) is 47.4 Å². The molecule has 0 saturated carbocycles. The predicted octanol–water partition coefficient (Wildman–Crippen LogP) is 4.97. The molecule has 0 amide bonds. The van der Waals surface area contributed by atoms with Crippen molar-refractivity contribution >= 4 is 16.0 Å². The van der Waals surface area contributed by atoms with Crippen LogP contribution >= 0.6 is 0 Å². The molecule has 0 radical (unpaired) electrons. The van der Waals surface area contributed by atoms with Gasteiger partial charge in [0.25, 0.3) is 0 Å². The molecule has 4 N–H and O–H groups in total. The van der Waals surface area contributed by atoms with Gasteiger partial charge in [0.05, 0.1) is 22.0 Å². The smallest absolute Gasteiger partial charge is 0.240 e. The van der Waals surface area contributed by atoms with Crippen molar-refractivity contribution in [2.24, 2.45) is 0 Å². The molecule has 204 valence electrons. The molecule has 0 saturated heterocycles. The molecule has 9 nitrogen and oxygen atoms in total. The number of hydrogen-bond acceptors (Lipinski definition) is 7. The minimum absolute atomic E-state index is 0.0161. The molecule has 0 aliphatic rings. The Morgan fingerprint density at radius 2 is 1.65 bits per heavy atom. The van der Waals surface area contributed by atoms with E-state index in [1.54, 1.807) is 12.3 Å². The molecule has 2 aromatic heterocycles. The van der Waals surface area contributed by atoms with Gasteiger partial charge in [-0.2, -0.15) is 0 Å². The van der Waals surface area contributed by atoms with Crippen LogP contribution < -0.4 is 10.0 Å². The molecule has 0 aliphatic carbocycles. The maximum Gasteiger partial charge on any atom is 0.240 e. The van der Waals surface area contributed by atoms with Gasteiger partial charge in [-0.05, 0) is 55.0 Å². The average Bonchev–Trinajstić information content (AvgIpc) is 3.41. The highest BCUT2D eigenvalue weighted by Crippen LogP contribution is 2.34. The first kappa shape index (κ1) is 26.9. The number of aromatic hydroxyl groups is 1. The van der Waals surface area contributed by atoms with Gasteiger partial charge in [0.15, 0.2) is 11.6 Å². The molecule has 5 rings (SSSR count). The van der Waals surface area contributed by atoms with Crippen molar-refractivity contribution in [3.63, 3.8) is 0 Å². The quantitative estimate of drug-likeness (QED) is 0.177. The summed E-state index contributed by atoms with van der Waals surface area (Å²) in [5.41, 5.74) is 2.84. The molecule has 0 fully saturated rings. The van der Waals surface area contributed by atoms with Crippen molar-refractivity contribution in [1.29, 1.82) is 0 Å². The monoisotopic (exact) mass is 562 g/mol. The van der Waals surface area contributed by atoms with E-state index in [1.165, 1.54) is 30.3 Å². The van der Waals surface area contributed by atoms with Crippen LogP contribution in [-0.2, 0) is 10.0 Å². The van der Waals surface area contributed by atoms with Gasteiger partial charge in [0.2, 0.25) is 16.0 Å². The molecule has 5 aromatic rings. The van der Waals surface area contributed by atoms with Gasteiger partial charge in [-0.3, -0.25) is 0 Å². The molecule has 40 heavy (non-hydrogen) atoms. The second-order valence-corrected chi connectivity index (χ2v) is 10.5. The van der Waals surface area contributed by atoms with Crippen molar-refractivity contribution in [1.82, 2.24) is 24.7 Å². The van der Waals surface area contributed by atoms with Crippen LogP contribution in [0, 0.1) is 11.6 Å². The van der Waals surface area contributed by atoms with Crippen LogP contribution in [0.1, 0.15) is 6.42 Å². The highest BCUT2D eigenvalue weighted by Gasteiger charge is 2.18. The lowest BCUT2D eigenvalue weighted by Gasteiger charge is -2.09. The molecule has 2 heterocycles. The van der Waals surface area contributed by atoms with E-state index in [2.05, 4.69) is 25.0 Å². The van der Waals surface area contributed by atoms with E-state index in [1.807, 2.05) is 30.3 Å². The zero-order valence-corrected chi connectivity index (χ0v) is 21.8. The maximum atomic E-state index is 13.7. The second kappa shape index (κ2) is 11.6. The molecule has 0 unspecified atom stereocenters. The standard InChI is InChI=1S/C28H24F2N6O3S/c29-20-8-10-21(11-9-20)40(38,39)33-15-4-14-31-28-32-16-13-23(34-28)26-25(19-7-12-22(30)24(37)17-19)35-27(36-26)18-5-2-1-3-6-18/h1-3,5-13,16-17,33,37H,4,14-15H2,(H,35,36)(H,31,32,34). The van der Waals surface area contributed by atoms with Crippen LogP contribution in [0.3, 0.4) is 0 Å². The number of H-pyrrole nitrogens is 1. The number of anilines is 1. The summed E-state index contributed by atoms with van der Waals surface area (Å²) in [6, 6.07) is 19.7. The van der Waals surface area contributed by atoms with Crippen molar-refractivity contribution in [2.75, 3.05) is 18.4 Å². The summed E-state index contributed by atoms with van der Waals surface area (Å²) in [5, 5.41) is 13.0.